The van der Waals surface area contributed by atoms with Crippen molar-refractivity contribution in [1.82, 2.24) is 30.2 Å². The lowest BCUT2D eigenvalue weighted by Gasteiger charge is -2.10. The molecule has 1 aliphatic rings. The highest BCUT2D eigenvalue weighted by molar-refractivity contribution is 5.92. The molecular formula is C18H20N6O2. The topological polar surface area (TPSA) is 98.7 Å². The zero-order valence-electron chi connectivity index (χ0n) is 14.7. The number of nitrogens with zero attached hydrogens (tertiary/aromatic N) is 5. The fourth-order valence-electron chi connectivity index (χ4n) is 2.83. The van der Waals surface area contributed by atoms with Crippen LogP contribution in [0.3, 0.4) is 0 Å². The maximum Gasteiger partial charge on any atom is 0.270 e. The maximum absolute atomic E-state index is 12.4. The first kappa shape index (κ1) is 16.4. The number of aryl methyl sites for hydroxylation is 1. The zero-order valence-corrected chi connectivity index (χ0v) is 14.7. The number of hydrogen-bond acceptors (Lipinski definition) is 6. The van der Waals surface area contributed by atoms with Gasteiger partial charge in [0, 0.05) is 36.1 Å². The third-order valence-corrected chi connectivity index (χ3v) is 4.44. The van der Waals surface area contributed by atoms with E-state index in [4.69, 9.17) is 4.52 Å². The Kier molecular flexibility index (Phi) is 4.24. The van der Waals surface area contributed by atoms with Gasteiger partial charge in [0.2, 0.25) is 11.7 Å². The van der Waals surface area contributed by atoms with Crippen LogP contribution >= 0.6 is 0 Å². The third kappa shape index (κ3) is 3.22. The van der Waals surface area contributed by atoms with Gasteiger partial charge in [0.1, 0.15) is 11.7 Å². The molecule has 1 fully saturated rings. The van der Waals surface area contributed by atoms with E-state index in [1.165, 1.54) is 12.8 Å². The van der Waals surface area contributed by atoms with Crippen molar-refractivity contribution in [3.8, 4) is 11.4 Å². The fourth-order valence-corrected chi connectivity index (χ4v) is 2.83. The minimum absolute atomic E-state index is 0.225. The smallest absolute Gasteiger partial charge is 0.270 e. The maximum atomic E-state index is 12.4. The van der Waals surface area contributed by atoms with Gasteiger partial charge in [-0.05, 0) is 44.9 Å². The van der Waals surface area contributed by atoms with Gasteiger partial charge in [0.05, 0.1) is 0 Å². The Labute approximate surface area is 150 Å². The van der Waals surface area contributed by atoms with E-state index < -0.39 is 6.04 Å². The average molecular weight is 352 g/mol. The number of carbonyl (C=O) groups is 1. The zero-order chi connectivity index (χ0) is 18.1. The molecule has 134 valence electrons. The van der Waals surface area contributed by atoms with Crippen molar-refractivity contribution in [3.05, 3.63) is 47.9 Å². The number of amides is 1. The summed E-state index contributed by atoms with van der Waals surface area (Å²) in [6.07, 6.45) is 5.75. The molecule has 0 spiro atoms. The quantitative estimate of drug-likeness (QED) is 0.732. The minimum atomic E-state index is -0.409. The van der Waals surface area contributed by atoms with Crippen molar-refractivity contribution >= 4 is 5.91 Å². The van der Waals surface area contributed by atoms with Crippen LogP contribution in [-0.4, -0.2) is 30.8 Å². The predicted molar refractivity (Wildman–Crippen MR) is 93.3 cm³/mol. The first-order valence-electron chi connectivity index (χ1n) is 8.78. The number of pyridine rings is 1. The molecular weight excluding hydrogens is 332 g/mol. The Balaban J connectivity index is 1.48. The van der Waals surface area contributed by atoms with E-state index in [1.807, 2.05) is 26.0 Å². The van der Waals surface area contributed by atoms with Gasteiger partial charge in [-0.1, -0.05) is 5.16 Å². The summed E-state index contributed by atoms with van der Waals surface area (Å²) in [6.45, 7) is 4.37. The summed E-state index contributed by atoms with van der Waals surface area (Å²) in [5.41, 5.74) is 2.45. The van der Waals surface area contributed by atoms with Crippen LogP contribution in [-0.2, 0) is 6.54 Å². The van der Waals surface area contributed by atoms with Crippen molar-refractivity contribution in [3.63, 3.8) is 0 Å². The van der Waals surface area contributed by atoms with Gasteiger partial charge in [0.15, 0.2) is 0 Å². The van der Waals surface area contributed by atoms with Crippen LogP contribution < -0.4 is 5.32 Å². The highest BCUT2D eigenvalue weighted by Gasteiger charge is 2.26. The largest absolute Gasteiger partial charge is 0.339 e. The first-order valence-corrected chi connectivity index (χ1v) is 8.78. The summed E-state index contributed by atoms with van der Waals surface area (Å²) in [5.74, 6) is 1.20. The highest BCUT2D eigenvalue weighted by Crippen LogP contribution is 2.39. The molecule has 1 aliphatic carbocycles. The van der Waals surface area contributed by atoms with Crippen molar-refractivity contribution < 1.29 is 9.32 Å². The monoisotopic (exact) mass is 352 g/mol. The van der Waals surface area contributed by atoms with E-state index in [1.54, 1.807) is 23.1 Å². The van der Waals surface area contributed by atoms with Gasteiger partial charge >= 0.3 is 0 Å². The second-order valence-electron chi connectivity index (χ2n) is 6.43. The van der Waals surface area contributed by atoms with Crippen molar-refractivity contribution in [2.75, 3.05) is 0 Å². The second-order valence-corrected chi connectivity index (χ2v) is 6.43. The Morgan fingerprint density at radius 1 is 1.38 bits per heavy atom. The van der Waals surface area contributed by atoms with Crippen LogP contribution in [0.1, 0.15) is 60.7 Å². The average Bonchev–Trinajstić information content (AvgIpc) is 3.20. The molecule has 0 bridgehead atoms. The van der Waals surface area contributed by atoms with E-state index >= 15 is 0 Å². The summed E-state index contributed by atoms with van der Waals surface area (Å²) >= 11 is 0. The Morgan fingerprint density at radius 3 is 3.00 bits per heavy atom. The molecule has 0 radical (unpaired) electrons. The number of carbonyl (C=O) groups excluding carboxylic acids is 1. The summed E-state index contributed by atoms with van der Waals surface area (Å²) < 4.78 is 6.99. The van der Waals surface area contributed by atoms with Gasteiger partial charge in [0.25, 0.3) is 5.91 Å². The molecule has 0 aliphatic heterocycles. The van der Waals surface area contributed by atoms with Gasteiger partial charge in [-0.2, -0.15) is 10.1 Å². The van der Waals surface area contributed by atoms with Crippen molar-refractivity contribution in [1.29, 1.82) is 0 Å². The number of aromatic nitrogens is 5. The van der Waals surface area contributed by atoms with E-state index in [9.17, 15) is 4.79 Å². The fraction of sp³-hybridized carbons (Fsp3) is 0.389. The molecule has 3 heterocycles. The SMILES string of the molecule is CCn1nccc1C(=O)N[C@@H](C)c1nc(-c2ccnc(C3CC3)c2)no1. The molecule has 0 aromatic carbocycles. The molecule has 8 heteroatoms. The van der Waals surface area contributed by atoms with E-state index in [0.29, 0.717) is 29.9 Å². The van der Waals surface area contributed by atoms with Crippen LogP contribution in [0.2, 0.25) is 0 Å². The Hall–Kier alpha value is -3.03. The standard InChI is InChI=1S/C18H20N6O2/c1-3-24-15(7-9-20-24)17(25)21-11(2)18-22-16(23-26-18)13-6-8-19-14(10-13)12-4-5-12/h6-12H,3-5H2,1-2H3,(H,21,25)/t11-/m0/s1. The van der Waals surface area contributed by atoms with Crippen LogP contribution in [0, 0.1) is 0 Å². The summed E-state index contributed by atoms with van der Waals surface area (Å²) in [5, 5.41) is 11.0. The normalized spacial score (nSPS) is 15.0. The lowest BCUT2D eigenvalue weighted by Crippen LogP contribution is -2.29. The predicted octanol–water partition coefficient (Wildman–Crippen LogP) is 2.72. The minimum Gasteiger partial charge on any atom is -0.339 e. The lowest BCUT2D eigenvalue weighted by molar-refractivity contribution is 0.0921. The first-order chi connectivity index (χ1) is 12.7. The van der Waals surface area contributed by atoms with E-state index in [2.05, 4.69) is 25.5 Å². The molecule has 1 atom stereocenters. The van der Waals surface area contributed by atoms with Crippen LogP contribution in [0.5, 0.6) is 0 Å². The number of hydrogen-bond donors (Lipinski definition) is 1. The highest BCUT2D eigenvalue weighted by atomic mass is 16.5. The van der Waals surface area contributed by atoms with Crippen LogP contribution in [0.4, 0.5) is 0 Å². The molecule has 4 rings (SSSR count). The third-order valence-electron chi connectivity index (χ3n) is 4.44. The van der Waals surface area contributed by atoms with Crippen molar-refractivity contribution in [2.24, 2.45) is 0 Å². The van der Waals surface area contributed by atoms with Crippen LogP contribution in [0.15, 0.2) is 35.1 Å². The van der Waals surface area contributed by atoms with Crippen LogP contribution in [0.25, 0.3) is 11.4 Å². The molecule has 26 heavy (non-hydrogen) atoms. The molecule has 1 N–H and O–H groups in total. The van der Waals surface area contributed by atoms with Gasteiger partial charge in [-0.3, -0.25) is 14.5 Å². The molecule has 3 aromatic rings. The second kappa shape index (κ2) is 6.70. The van der Waals surface area contributed by atoms with Gasteiger partial charge < -0.3 is 9.84 Å². The molecule has 8 nitrogen and oxygen atoms in total. The summed E-state index contributed by atoms with van der Waals surface area (Å²) in [7, 11) is 0. The Morgan fingerprint density at radius 2 is 2.23 bits per heavy atom. The number of rotatable bonds is 6. The number of nitrogens with one attached hydrogen (secondary N) is 1. The summed E-state index contributed by atoms with van der Waals surface area (Å²) in [4.78, 5) is 21.2. The molecule has 0 saturated heterocycles. The van der Waals surface area contributed by atoms with Crippen molar-refractivity contribution in [2.45, 2.75) is 45.2 Å². The lowest BCUT2D eigenvalue weighted by atomic mass is 10.2. The van der Waals surface area contributed by atoms with Gasteiger partial charge in [-0.15, -0.1) is 0 Å². The molecule has 0 unspecified atom stereocenters. The Bertz CT molecular complexity index is 927. The molecule has 3 aromatic heterocycles. The van der Waals surface area contributed by atoms with E-state index in [-0.39, 0.29) is 5.91 Å². The molecule has 1 saturated carbocycles. The van der Waals surface area contributed by atoms with E-state index in [0.717, 1.165) is 11.3 Å². The molecule has 1 amide bonds. The van der Waals surface area contributed by atoms with Gasteiger partial charge in [-0.25, -0.2) is 0 Å². The summed E-state index contributed by atoms with van der Waals surface area (Å²) in [6, 6.07) is 5.15.